The Morgan fingerprint density at radius 2 is 2.00 bits per heavy atom. The maximum absolute atomic E-state index is 12.9. The topological polar surface area (TPSA) is 71.2 Å². The van der Waals surface area contributed by atoms with Crippen molar-refractivity contribution in [3.8, 4) is 11.1 Å². The standard InChI is InChI=1S/C23H25F3N6O/c1-14-9-20-19(10-18(14)16-8-15(2)21-27-13-28-31(21)11-16)29-22(33)32(20)17-4-3-6-30(12-17)7-5-23(24,25)26/h8-11,13,17H,3-7,12H2,1-2H3,(H,29,33)/t17-/m1/s1. The van der Waals surface area contributed by atoms with Crippen molar-refractivity contribution in [2.24, 2.45) is 0 Å². The second-order valence-electron chi connectivity index (χ2n) is 8.89. The van der Waals surface area contributed by atoms with Crippen LogP contribution in [0.3, 0.4) is 0 Å². The lowest BCUT2D eigenvalue weighted by Crippen LogP contribution is -2.40. The van der Waals surface area contributed by atoms with Gasteiger partial charge in [0.05, 0.1) is 23.5 Å². The van der Waals surface area contributed by atoms with Crippen LogP contribution in [-0.4, -0.2) is 54.9 Å². The monoisotopic (exact) mass is 458 g/mol. The van der Waals surface area contributed by atoms with Crippen LogP contribution in [0.15, 0.2) is 35.5 Å². The van der Waals surface area contributed by atoms with Gasteiger partial charge in [-0.05, 0) is 68.1 Å². The summed E-state index contributed by atoms with van der Waals surface area (Å²) in [6.07, 6.45) is -0.0549. The fraction of sp³-hybridized carbons (Fsp3) is 0.435. The number of benzene rings is 1. The number of likely N-dealkylation sites (tertiary alicyclic amines) is 1. The number of nitrogens with one attached hydrogen (secondary N) is 1. The van der Waals surface area contributed by atoms with Crippen molar-refractivity contribution in [3.63, 3.8) is 0 Å². The first-order valence-electron chi connectivity index (χ1n) is 11.0. The third-order valence-corrected chi connectivity index (χ3v) is 6.49. The summed E-state index contributed by atoms with van der Waals surface area (Å²) in [7, 11) is 0. The quantitative estimate of drug-likeness (QED) is 0.497. The molecule has 1 atom stereocenters. The molecule has 10 heteroatoms. The van der Waals surface area contributed by atoms with Gasteiger partial charge in [0.1, 0.15) is 6.33 Å². The number of fused-ring (bicyclic) bond motifs is 2. The highest BCUT2D eigenvalue weighted by Crippen LogP contribution is 2.31. The Bertz CT molecular complexity index is 1380. The van der Waals surface area contributed by atoms with Crippen molar-refractivity contribution in [1.82, 2.24) is 29.0 Å². The molecular formula is C23H25F3N6O. The molecule has 1 aliphatic heterocycles. The molecule has 0 unspecified atom stereocenters. The second-order valence-corrected chi connectivity index (χ2v) is 8.89. The zero-order valence-electron chi connectivity index (χ0n) is 18.5. The van der Waals surface area contributed by atoms with Crippen LogP contribution in [0, 0.1) is 13.8 Å². The number of imidazole rings is 1. The number of nitrogens with zero attached hydrogens (tertiary/aromatic N) is 5. The Labute approximate surface area is 187 Å². The van der Waals surface area contributed by atoms with Crippen LogP contribution >= 0.6 is 0 Å². The van der Waals surface area contributed by atoms with E-state index in [-0.39, 0.29) is 18.3 Å². The number of halogens is 3. The molecule has 4 heterocycles. The van der Waals surface area contributed by atoms with E-state index in [4.69, 9.17) is 0 Å². The molecule has 0 aliphatic carbocycles. The van der Waals surface area contributed by atoms with E-state index in [0.717, 1.165) is 46.3 Å². The van der Waals surface area contributed by atoms with Crippen LogP contribution in [0.4, 0.5) is 13.2 Å². The lowest BCUT2D eigenvalue weighted by molar-refractivity contribution is -0.138. The Balaban J connectivity index is 1.49. The fourth-order valence-corrected chi connectivity index (χ4v) is 4.92. The summed E-state index contributed by atoms with van der Waals surface area (Å²) in [6, 6.07) is 5.84. The van der Waals surface area contributed by atoms with Gasteiger partial charge in [0.25, 0.3) is 0 Å². The molecular weight excluding hydrogens is 433 g/mol. The third-order valence-electron chi connectivity index (χ3n) is 6.49. The summed E-state index contributed by atoms with van der Waals surface area (Å²) >= 11 is 0. The predicted molar refractivity (Wildman–Crippen MR) is 119 cm³/mol. The van der Waals surface area contributed by atoms with E-state index in [2.05, 4.69) is 15.1 Å². The number of aromatic amines is 1. The molecule has 1 saturated heterocycles. The van der Waals surface area contributed by atoms with Gasteiger partial charge in [-0.15, -0.1) is 0 Å². The van der Waals surface area contributed by atoms with Crippen molar-refractivity contribution in [1.29, 1.82) is 0 Å². The number of alkyl halides is 3. The fourth-order valence-electron chi connectivity index (χ4n) is 4.92. The smallest absolute Gasteiger partial charge is 0.306 e. The first-order valence-corrected chi connectivity index (χ1v) is 11.0. The summed E-state index contributed by atoms with van der Waals surface area (Å²) < 4.78 is 41.5. The lowest BCUT2D eigenvalue weighted by Gasteiger charge is -2.33. The van der Waals surface area contributed by atoms with Gasteiger partial charge in [0.15, 0.2) is 5.65 Å². The molecule has 3 aromatic heterocycles. The number of pyridine rings is 1. The van der Waals surface area contributed by atoms with E-state index in [9.17, 15) is 18.0 Å². The molecule has 0 bridgehead atoms. The average Bonchev–Trinajstić information content (AvgIpc) is 3.35. The van der Waals surface area contributed by atoms with E-state index in [0.29, 0.717) is 18.6 Å². The molecule has 1 aliphatic rings. The van der Waals surface area contributed by atoms with Crippen LogP contribution < -0.4 is 5.69 Å². The van der Waals surface area contributed by atoms with E-state index in [1.165, 1.54) is 6.33 Å². The number of hydrogen-bond donors (Lipinski definition) is 1. The zero-order valence-corrected chi connectivity index (χ0v) is 18.5. The van der Waals surface area contributed by atoms with E-state index in [1.807, 2.05) is 43.1 Å². The summed E-state index contributed by atoms with van der Waals surface area (Å²) in [4.78, 5) is 21.9. The van der Waals surface area contributed by atoms with Crippen molar-refractivity contribution in [2.75, 3.05) is 19.6 Å². The Hall–Kier alpha value is -3.14. The highest BCUT2D eigenvalue weighted by atomic mass is 19.4. The predicted octanol–water partition coefficient (Wildman–Crippen LogP) is 4.25. The maximum Gasteiger partial charge on any atom is 0.390 e. The second kappa shape index (κ2) is 8.02. The van der Waals surface area contributed by atoms with Gasteiger partial charge in [-0.25, -0.2) is 14.3 Å². The van der Waals surface area contributed by atoms with Crippen molar-refractivity contribution >= 4 is 16.7 Å². The molecule has 0 saturated carbocycles. The minimum absolute atomic E-state index is 0.0373. The number of H-pyrrole nitrogens is 1. The molecule has 174 valence electrons. The molecule has 4 aromatic rings. The van der Waals surface area contributed by atoms with Crippen LogP contribution in [-0.2, 0) is 0 Å². The van der Waals surface area contributed by atoms with Gasteiger partial charge in [-0.3, -0.25) is 4.57 Å². The number of rotatable bonds is 4. The van der Waals surface area contributed by atoms with Gasteiger partial charge >= 0.3 is 11.9 Å². The molecule has 33 heavy (non-hydrogen) atoms. The molecule has 0 spiro atoms. The number of aryl methyl sites for hydroxylation is 2. The van der Waals surface area contributed by atoms with E-state index >= 15 is 0 Å². The van der Waals surface area contributed by atoms with Crippen LogP contribution in [0.25, 0.3) is 27.8 Å². The molecule has 7 nitrogen and oxygen atoms in total. The van der Waals surface area contributed by atoms with Crippen molar-refractivity contribution < 1.29 is 13.2 Å². The molecule has 0 amide bonds. The Morgan fingerprint density at radius 1 is 1.18 bits per heavy atom. The summed E-state index contributed by atoms with van der Waals surface area (Å²) in [5.74, 6) is 0. The number of piperidine rings is 1. The van der Waals surface area contributed by atoms with E-state index < -0.39 is 12.6 Å². The molecule has 0 radical (unpaired) electrons. The van der Waals surface area contributed by atoms with Gasteiger partial charge < -0.3 is 9.88 Å². The first kappa shape index (κ1) is 21.7. The van der Waals surface area contributed by atoms with Crippen LogP contribution in [0.5, 0.6) is 0 Å². The average molecular weight is 458 g/mol. The highest BCUT2D eigenvalue weighted by molar-refractivity contribution is 5.84. The minimum Gasteiger partial charge on any atom is -0.306 e. The van der Waals surface area contributed by atoms with Crippen LogP contribution in [0.1, 0.15) is 36.4 Å². The zero-order chi connectivity index (χ0) is 23.3. The molecule has 1 N–H and O–H groups in total. The van der Waals surface area contributed by atoms with Crippen molar-refractivity contribution in [2.45, 2.75) is 45.3 Å². The summed E-state index contributed by atoms with van der Waals surface area (Å²) in [5, 5.41) is 4.24. The van der Waals surface area contributed by atoms with Crippen molar-refractivity contribution in [3.05, 3.63) is 52.3 Å². The van der Waals surface area contributed by atoms with Gasteiger partial charge in [0.2, 0.25) is 0 Å². The summed E-state index contributed by atoms with van der Waals surface area (Å²) in [6.45, 7) is 4.99. The number of aromatic nitrogens is 5. The lowest BCUT2D eigenvalue weighted by atomic mass is 9.99. The normalized spacial score (nSPS) is 17.9. The Morgan fingerprint density at radius 3 is 2.79 bits per heavy atom. The van der Waals surface area contributed by atoms with Gasteiger partial charge in [0, 0.05) is 24.8 Å². The van der Waals surface area contributed by atoms with Gasteiger partial charge in [-0.1, -0.05) is 0 Å². The van der Waals surface area contributed by atoms with E-state index in [1.54, 1.807) is 9.08 Å². The highest BCUT2D eigenvalue weighted by Gasteiger charge is 2.30. The summed E-state index contributed by atoms with van der Waals surface area (Å²) in [5.41, 5.74) is 6.00. The molecule has 1 fully saturated rings. The SMILES string of the molecule is Cc1cc2c(cc1-c1cc(C)c3ncnn3c1)[nH]c(=O)n2[C@@H]1CCCN(CCC(F)(F)F)C1. The number of hydrogen-bond acceptors (Lipinski definition) is 4. The van der Waals surface area contributed by atoms with Gasteiger partial charge in [-0.2, -0.15) is 18.3 Å². The minimum atomic E-state index is -4.17. The van der Waals surface area contributed by atoms with Crippen LogP contribution in [0.2, 0.25) is 0 Å². The first-order chi connectivity index (χ1) is 15.7. The largest absolute Gasteiger partial charge is 0.390 e. The Kier molecular flexibility index (Phi) is 5.27. The third kappa shape index (κ3) is 4.15. The molecule has 1 aromatic carbocycles. The molecule has 5 rings (SSSR count). The maximum atomic E-state index is 12.9.